The summed E-state index contributed by atoms with van der Waals surface area (Å²) in [4.78, 5) is 14.8. The standard InChI is InChI=1S/C9H14N3O/c1-6(4-8(10)13)9-7(2)11-5-12(9)3/h5-6H,1,4H2,2-3H3,(H2,10,13). The zero-order valence-corrected chi connectivity index (χ0v) is 7.95. The van der Waals surface area contributed by atoms with Gasteiger partial charge >= 0.3 is 0 Å². The number of aryl methyl sites for hydroxylation is 2. The van der Waals surface area contributed by atoms with Crippen LogP contribution in [0.25, 0.3) is 0 Å². The molecule has 1 amide bonds. The fourth-order valence-corrected chi connectivity index (χ4v) is 1.48. The van der Waals surface area contributed by atoms with Gasteiger partial charge in [-0.05, 0) is 13.8 Å². The van der Waals surface area contributed by atoms with Gasteiger partial charge in [0.05, 0.1) is 12.0 Å². The molecule has 71 valence electrons. The van der Waals surface area contributed by atoms with Crippen LogP contribution in [-0.4, -0.2) is 15.5 Å². The van der Waals surface area contributed by atoms with Crippen LogP contribution in [0.3, 0.4) is 0 Å². The molecule has 0 saturated heterocycles. The molecule has 0 saturated carbocycles. The van der Waals surface area contributed by atoms with Crippen LogP contribution in [0.5, 0.6) is 0 Å². The number of hydrogen-bond donors (Lipinski definition) is 1. The summed E-state index contributed by atoms with van der Waals surface area (Å²) < 4.78 is 1.87. The molecule has 0 fully saturated rings. The van der Waals surface area contributed by atoms with Crippen molar-refractivity contribution in [3.05, 3.63) is 24.6 Å². The van der Waals surface area contributed by atoms with E-state index in [0.29, 0.717) is 0 Å². The zero-order chi connectivity index (χ0) is 10.0. The first-order chi connectivity index (χ1) is 6.02. The summed E-state index contributed by atoms with van der Waals surface area (Å²) in [6.07, 6.45) is 1.98. The molecule has 0 aliphatic rings. The molecule has 0 aliphatic carbocycles. The van der Waals surface area contributed by atoms with Crippen LogP contribution in [0.15, 0.2) is 6.33 Å². The maximum atomic E-state index is 10.7. The molecule has 1 heterocycles. The highest BCUT2D eigenvalue weighted by atomic mass is 16.1. The molecule has 4 nitrogen and oxygen atoms in total. The number of amides is 1. The molecule has 1 aromatic rings. The smallest absolute Gasteiger partial charge is 0.218 e. The van der Waals surface area contributed by atoms with Crippen LogP contribution >= 0.6 is 0 Å². The lowest BCUT2D eigenvalue weighted by Crippen LogP contribution is -2.15. The Bertz CT molecular complexity index is 297. The van der Waals surface area contributed by atoms with Crippen LogP contribution in [0.4, 0.5) is 0 Å². The van der Waals surface area contributed by atoms with Gasteiger partial charge in [0.2, 0.25) is 5.91 Å². The van der Waals surface area contributed by atoms with Crippen molar-refractivity contribution < 1.29 is 4.79 Å². The Morgan fingerprint density at radius 1 is 1.85 bits per heavy atom. The average molecular weight is 180 g/mol. The Hall–Kier alpha value is -1.32. The maximum Gasteiger partial charge on any atom is 0.218 e. The van der Waals surface area contributed by atoms with Gasteiger partial charge in [0.25, 0.3) is 0 Å². The van der Waals surface area contributed by atoms with Gasteiger partial charge < -0.3 is 10.3 Å². The van der Waals surface area contributed by atoms with E-state index in [2.05, 4.69) is 11.9 Å². The Morgan fingerprint density at radius 2 is 2.46 bits per heavy atom. The number of rotatable bonds is 3. The molecule has 1 aromatic heterocycles. The Kier molecular flexibility index (Phi) is 2.70. The number of carbonyl (C=O) groups is 1. The summed E-state index contributed by atoms with van der Waals surface area (Å²) in [5.41, 5.74) is 6.97. The SMILES string of the molecule is [CH2]C(CC(N)=O)c1c(C)ncn1C. The van der Waals surface area contributed by atoms with Crippen molar-refractivity contribution >= 4 is 5.91 Å². The molecule has 0 spiro atoms. The third-order valence-corrected chi connectivity index (χ3v) is 2.01. The third kappa shape index (κ3) is 2.08. The van der Waals surface area contributed by atoms with Crippen molar-refractivity contribution in [1.82, 2.24) is 9.55 Å². The highest BCUT2D eigenvalue weighted by Crippen LogP contribution is 2.20. The monoisotopic (exact) mass is 180 g/mol. The van der Waals surface area contributed by atoms with Crippen molar-refractivity contribution in [1.29, 1.82) is 0 Å². The molecular weight excluding hydrogens is 166 g/mol. The second-order valence-corrected chi connectivity index (χ2v) is 3.19. The molecule has 1 unspecified atom stereocenters. The minimum Gasteiger partial charge on any atom is -0.370 e. The largest absolute Gasteiger partial charge is 0.370 e. The van der Waals surface area contributed by atoms with Gasteiger partial charge in [-0.1, -0.05) is 0 Å². The summed E-state index contributed by atoms with van der Waals surface area (Å²) in [6, 6.07) is 0. The van der Waals surface area contributed by atoms with Crippen LogP contribution in [0, 0.1) is 13.8 Å². The molecule has 1 rings (SSSR count). The van der Waals surface area contributed by atoms with Crippen LogP contribution < -0.4 is 5.73 Å². The van der Waals surface area contributed by atoms with E-state index in [1.807, 2.05) is 18.5 Å². The van der Waals surface area contributed by atoms with E-state index in [1.54, 1.807) is 6.33 Å². The van der Waals surface area contributed by atoms with Gasteiger partial charge in [-0.2, -0.15) is 0 Å². The van der Waals surface area contributed by atoms with E-state index < -0.39 is 0 Å². The number of nitrogens with zero attached hydrogens (tertiary/aromatic N) is 2. The van der Waals surface area contributed by atoms with Gasteiger partial charge in [0.15, 0.2) is 0 Å². The van der Waals surface area contributed by atoms with Crippen molar-refractivity contribution in [3.63, 3.8) is 0 Å². The maximum absolute atomic E-state index is 10.7. The molecule has 0 bridgehead atoms. The molecular formula is C9H14N3O. The normalized spacial score (nSPS) is 12.8. The number of aromatic nitrogens is 2. The van der Waals surface area contributed by atoms with E-state index in [-0.39, 0.29) is 18.2 Å². The lowest BCUT2D eigenvalue weighted by atomic mass is 10.0. The summed E-state index contributed by atoms with van der Waals surface area (Å²) >= 11 is 0. The molecule has 1 atom stereocenters. The molecule has 4 heteroatoms. The lowest BCUT2D eigenvalue weighted by Gasteiger charge is -2.10. The highest BCUT2D eigenvalue weighted by Gasteiger charge is 2.15. The second-order valence-electron chi connectivity index (χ2n) is 3.19. The second kappa shape index (κ2) is 3.60. The zero-order valence-electron chi connectivity index (χ0n) is 7.95. The van der Waals surface area contributed by atoms with E-state index in [4.69, 9.17) is 5.73 Å². The number of carbonyl (C=O) groups excluding carboxylic acids is 1. The van der Waals surface area contributed by atoms with Gasteiger partial charge in [0, 0.05) is 25.1 Å². The summed E-state index contributed by atoms with van der Waals surface area (Å²) in [5, 5.41) is 0. The summed E-state index contributed by atoms with van der Waals surface area (Å²) in [7, 11) is 1.88. The first kappa shape index (κ1) is 9.77. The van der Waals surface area contributed by atoms with Crippen molar-refractivity contribution in [2.75, 3.05) is 0 Å². The van der Waals surface area contributed by atoms with Gasteiger partial charge in [0.1, 0.15) is 0 Å². The minimum atomic E-state index is -0.333. The Balaban J connectivity index is 2.87. The first-order valence-electron chi connectivity index (χ1n) is 4.11. The lowest BCUT2D eigenvalue weighted by molar-refractivity contribution is -0.118. The topological polar surface area (TPSA) is 60.9 Å². The number of hydrogen-bond acceptors (Lipinski definition) is 2. The number of primary amides is 1. The van der Waals surface area contributed by atoms with E-state index in [9.17, 15) is 4.79 Å². The van der Waals surface area contributed by atoms with Crippen LogP contribution in [0.2, 0.25) is 0 Å². The minimum absolute atomic E-state index is 0.106. The Morgan fingerprint density at radius 3 is 2.85 bits per heavy atom. The molecule has 0 aliphatic heterocycles. The quantitative estimate of drug-likeness (QED) is 0.737. The van der Waals surface area contributed by atoms with Crippen LogP contribution in [0.1, 0.15) is 23.7 Å². The molecule has 1 radical (unpaired) electrons. The van der Waals surface area contributed by atoms with E-state index >= 15 is 0 Å². The number of nitrogens with two attached hydrogens (primary N) is 1. The number of imidazole rings is 1. The van der Waals surface area contributed by atoms with Gasteiger partial charge in [-0.25, -0.2) is 4.98 Å². The highest BCUT2D eigenvalue weighted by molar-refractivity contribution is 5.74. The fourth-order valence-electron chi connectivity index (χ4n) is 1.48. The van der Waals surface area contributed by atoms with E-state index in [0.717, 1.165) is 11.4 Å². The van der Waals surface area contributed by atoms with Crippen molar-refractivity contribution in [2.24, 2.45) is 12.8 Å². The van der Waals surface area contributed by atoms with Gasteiger partial charge in [-0.15, -0.1) is 0 Å². The van der Waals surface area contributed by atoms with E-state index in [1.165, 1.54) is 0 Å². The predicted molar refractivity (Wildman–Crippen MR) is 49.9 cm³/mol. The first-order valence-corrected chi connectivity index (χ1v) is 4.11. The Labute approximate surface area is 77.8 Å². The molecule has 13 heavy (non-hydrogen) atoms. The van der Waals surface area contributed by atoms with Crippen LogP contribution in [-0.2, 0) is 11.8 Å². The fraction of sp³-hybridized carbons (Fsp3) is 0.444. The molecule has 0 aromatic carbocycles. The van der Waals surface area contributed by atoms with Gasteiger partial charge in [-0.3, -0.25) is 4.79 Å². The average Bonchev–Trinajstić information content (AvgIpc) is 2.29. The summed E-state index contributed by atoms with van der Waals surface area (Å²) in [6.45, 7) is 5.78. The van der Waals surface area contributed by atoms with Crippen molar-refractivity contribution in [2.45, 2.75) is 19.3 Å². The van der Waals surface area contributed by atoms with Crippen molar-refractivity contribution in [3.8, 4) is 0 Å². The third-order valence-electron chi connectivity index (χ3n) is 2.01. The predicted octanol–water partition coefficient (Wildman–Crippen LogP) is 0.522. The summed E-state index contributed by atoms with van der Waals surface area (Å²) in [5.74, 6) is -0.439. The molecule has 2 N–H and O–H groups in total.